The molecule has 29 heavy (non-hydrogen) atoms. The number of fused-ring (bicyclic) bond motifs is 3. The summed E-state index contributed by atoms with van der Waals surface area (Å²) in [4.78, 5) is 28.8. The second kappa shape index (κ2) is 5.94. The number of rotatable bonds is 1. The predicted molar refractivity (Wildman–Crippen MR) is 109 cm³/mol. The van der Waals surface area contributed by atoms with E-state index < -0.39 is 5.41 Å². The fourth-order valence-corrected chi connectivity index (χ4v) is 5.10. The average molecular weight is 391 g/mol. The maximum Gasteiger partial charge on any atom is 0.247 e. The zero-order valence-electron chi connectivity index (χ0n) is 17.4. The monoisotopic (exact) mass is 391 g/mol. The van der Waals surface area contributed by atoms with Crippen molar-refractivity contribution in [3.8, 4) is 6.07 Å². The second-order valence-electron chi connectivity index (χ2n) is 8.93. The molecule has 0 saturated heterocycles. The Morgan fingerprint density at radius 3 is 2.45 bits per heavy atom. The third-order valence-corrected chi connectivity index (χ3v) is 6.15. The van der Waals surface area contributed by atoms with Gasteiger partial charge in [0.05, 0.1) is 5.57 Å². The summed E-state index contributed by atoms with van der Waals surface area (Å²) < 4.78 is 0. The number of hydrogen-bond donors (Lipinski definition) is 1. The molecule has 2 aliphatic heterocycles. The lowest BCUT2D eigenvalue weighted by Crippen LogP contribution is -2.55. The first-order chi connectivity index (χ1) is 13.6. The van der Waals surface area contributed by atoms with Crippen molar-refractivity contribution in [2.45, 2.75) is 32.1 Å². The van der Waals surface area contributed by atoms with Gasteiger partial charge < -0.3 is 10.6 Å². The zero-order valence-corrected chi connectivity index (χ0v) is 17.4. The van der Waals surface area contributed by atoms with E-state index >= 15 is 0 Å². The van der Waals surface area contributed by atoms with Gasteiger partial charge in [0.2, 0.25) is 5.91 Å². The van der Waals surface area contributed by atoms with Gasteiger partial charge in [-0.3, -0.25) is 14.6 Å². The number of hydrazine groups is 1. The SMILES string of the molecule is CN1C(=O)[C@@]2(C(C#N)=C(N)N(N(C)C)C3=C2C(=O)CC(C)(C)C3)c2ccccc21. The molecule has 0 aromatic heterocycles. The van der Waals surface area contributed by atoms with Gasteiger partial charge in [-0.2, -0.15) is 5.26 Å². The first-order valence-electron chi connectivity index (χ1n) is 9.60. The van der Waals surface area contributed by atoms with E-state index in [9.17, 15) is 14.9 Å². The Hall–Kier alpha value is -3.11. The number of carbonyl (C=O) groups is 2. The van der Waals surface area contributed by atoms with Gasteiger partial charge in [-0.05, 0) is 17.9 Å². The summed E-state index contributed by atoms with van der Waals surface area (Å²) in [6.07, 6.45) is 0.888. The number of hydrogen-bond acceptors (Lipinski definition) is 6. The van der Waals surface area contributed by atoms with Crippen LogP contribution in [0.4, 0.5) is 5.69 Å². The fraction of sp³-hybridized carbons (Fsp3) is 0.409. The Morgan fingerprint density at radius 1 is 1.17 bits per heavy atom. The van der Waals surface area contributed by atoms with Crippen LogP contribution in [0.5, 0.6) is 0 Å². The molecule has 0 unspecified atom stereocenters. The summed E-state index contributed by atoms with van der Waals surface area (Å²) in [6, 6.07) is 9.52. The molecular formula is C22H25N5O2. The molecule has 2 heterocycles. The molecule has 0 radical (unpaired) electrons. The Labute approximate surface area is 170 Å². The van der Waals surface area contributed by atoms with Gasteiger partial charge in [-0.15, -0.1) is 0 Å². The zero-order chi connectivity index (χ0) is 21.3. The third kappa shape index (κ3) is 2.26. The normalized spacial score (nSPS) is 25.7. The number of amides is 1. The van der Waals surface area contributed by atoms with Crippen molar-refractivity contribution >= 4 is 17.4 Å². The molecule has 0 bridgehead atoms. The topological polar surface area (TPSA) is 93.7 Å². The maximum absolute atomic E-state index is 13.8. The van der Waals surface area contributed by atoms with Crippen LogP contribution in [0.1, 0.15) is 32.3 Å². The lowest BCUT2D eigenvalue weighted by molar-refractivity contribution is -0.125. The molecule has 2 N–H and O–H groups in total. The fourth-order valence-electron chi connectivity index (χ4n) is 5.10. The number of nitriles is 1. The number of benzene rings is 1. The minimum absolute atomic E-state index is 0.109. The van der Waals surface area contributed by atoms with Crippen LogP contribution in [-0.2, 0) is 15.0 Å². The predicted octanol–water partition coefficient (Wildman–Crippen LogP) is 2.03. The third-order valence-electron chi connectivity index (χ3n) is 6.15. The number of nitrogens with zero attached hydrogens (tertiary/aromatic N) is 4. The number of anilines is 1. The van der Waals surface area contributed by atoms with Gasteiger partial charge in [-0.1, -0.05) is 32.0 Å². The Balaban J connectivity index is 2.17. The smallest absolute Gasteiger partial charge is 0.247 e. The van der Waals surface area contributed by atoms with Crippen molar-refractivity contribution in [1.29, 1.82) is 5.26 Å². The number of allylic oxidation sites excluding steroid dienone is 1. The molecule has 0 fully saturated rings. The van der Waals surface area contributed by atoms with Crippen molar-refractivity contribution in [1.82, 2.24) is 10.0 Å². The summed E-state index contributed by atoms with van der Waals surface area (Å²) >= 11 is 0. The van der Waals surface area contributed by atoms with E-state index in [1.165, 1.54) is 4.90 Å². The molecule has 4 rings (SSSR count). The van der Waals surface area contributed by atoms with Crippen molar-refractivity contribution in [2.75, 3.05) is 26.0 Å². The summed E-state index contributed by atoms with van der Waals surface area (Å²) in [6.45, 7) is 4.07. The van der Waals surface area contributed by atoms with Crippen molar-refractivity contribution in [2.24, 2.45) is 11.1 Å². The van der Waals surface area contributed by atoms with Crippen molar-refractivity contribution in [3.05, 3.63) is 52.5 Å². The molecule has 150 valence electrons. The molecule has 0 saturated carbocycles. The molecule has 1 aromatic rings. The van der Waals surface area contributed by atoms with Gasteiger partial charge in [0.1, 0.15) is 17.3 Å². The van der Waals surface area contributed by atoms with Crippen LogP contribution in [0, 0.1) is 16.7 Å². The number of nitrogens with two attached hydrogens (primary N) is 1. The van der Waals surface area contributed by atoms with Gasteiger partial charge in [-0.25, -0.2) is 5.01 Å². The number of likely N-dealkylation sites (N-methyl/N-ethyl adjacent to an activating group) is 1. The van der Waals surface area contributed by atoms with Crippen molar-refractivity contribution in [3.63, 3.8) is 0 Å². The second-order valence-corrected chi connectivity index (χ2v) is 8.93. The lowest BCUT2D eigenvalue weighted by Gasteiger charge is -2.48. The highest BCUT2D eigenvalue weighted by atomic mass is 16.2. The highest BCUT2D eigenvalue weighted by molar-refractivity contribution is 6.20. The van der Waals surface area contributed by atoms with E-state index in [-0.39, 0.29) is 28.5 Å². The maximum atomic E-state index is 13.8. The number of carbonyl (C=O) groups excluding carboxylic acids is 2. The standard InChI is InChI=1S/C22H25N5O2/c1-21(2)10-16-18(17(28)11-21)22(14(12-23)19(24)27(16)25(3)4)13-8-6-7-9-15(13)26(5)20(22)29/h6-9H,10-11,24H2,1-5H3/t22-/m1/s1. The summed E-state index contributed by atoms with van der Waals surface area (Å²) in [7, 11) is 5.30. The quantitative estimate of drug-likeness (QED) is 0.787. The summed E-state index contributed by atoms with van der Waals surface area (Å²) in [5.74, 6) is -0.223. The van der Waals surface area contributed by atoms with E-state index in [2.05, 4.69) is 6.07 Å². The van der Waals surface area contributed by atoms with E-state index in [0.29, 0.717) is 35.4 Å². The number of ketones is 1. The van der Waals surface area contributed by atoms with Gasteiger partial charge in [0, 0.05) is 50.1 Å². The van der Waals surface area contributed by atoms with E-state index in [0.717, 1.165) is 0 Å². The van der Waals surface area contributed by atoms with Crippen LogP contribution in [0.3, 0.4) is 0 Å². The van der Waals surface area contributed by atoms with Crippen LogP contribution in [0.15, 0.2) is 46.9 Å². The number of para-hydroxylation sites is 1. The molecule has 1 amide bonds. The average Bonchev–Trinajstić information content (AvgIpc) is 2.84. The van der Waals surface area contributed by atoms with Crippen LogP contribution in [0.25, 0.3) is 0 Å². The van der Waals surface area contributed by atoms with Crippen LogP contribution >= 0.6 is 0 Å². The van der Waals surface area contributed by atoms with Gasteiger partial charge in [0.15, 0.2) is 5.78 Å². The Bertz CT molecular complexity index is 1060. The summed E-state index contributed by atoms with van der Waals surface area (Å²) in [5.41, 5.74) is 7.30. The first kappa shape index (κ1) is 19.2. The Morgan fingerprint density at radius 2 is 1.83 bits per heavy atom. The van der Waals surface area contributed by atoms with Crippen molar-refractivity contribution < 1.29 is 9.59 Å². The molecule has 1 aliphatic carbocycles. The first-order valence-corrected chi connectivity index (χ1v) is 9.60. The molecule has 3 aliphatic rings. The molecule has 7 heteroatoms. The number of Topliss-reactive ketones (excluding diaryl/α,β-unsaturated/α-hetero) is 1. The largest absolute Gasteiger partial charge is 0.383 e. The van der Waals surface area contributed by atoms with Crippen LogP contribution in [-0.4, -0.2) is 42.9 Å². The van der Waals surface area contributed by atoms with E-state index in [4.69, 9.17) is 5.73 Å². The Kier molecular flexibility index (Phi) is 3.94. The minimum Gasteiger partial charge on any atom is -0.383 e. The highest BCUT2D eigenvalue weighted by Gasteiger charge is 2.62. The summed E-state index contributed by atoms with van der Waals surface area (Å²) in [5, 5.41) is 13.6. The molecule has 7 nitrogen and oxygen atoms in total. The van der Waals surface area contributed by atoms with Crippen LogP contribution < -0.4 is 10.6 Å². The lowest BCUT2D eigenvalue weighted by atomic mass is 9.61. The molecule has 1 spiro atoms. The highest BCUT2D eigenvalue weighted by Crippen LogP contribution is 2.57. The molecule has 1 aromatic carbocycles. The minimum atomic E-state index is -1.49. The van der Waals surface area contributed by atoms with Gasteiger partial charge in [0.25, 0.3) is 0 Å². The molecular weight excluding hydrogens is 366 g/mol. The van der Waals surface area contributed by atoms with Crippen LogP contribution in [0.2, 0.25) is 0 Å². The van der Waals surface area contributed by atoms with Gasteiger partial charge >= 0.3 is 0 Å². The molecule has 1 atom stereocenters. The van der Waals surface area contributed by atoms with E-state index in [1.807, 2.05) is 52.2 Å². The van der Waals surface area contributed by atoms with E-state index in [1.54, 1.807) is 17.1 Å².